The molecule has 17 heavy (non-hydrogen) atoms. The van der Waals surface area contributed by atoms with Gasteiger partial charge in [0, 0.05) is 6.20 Å². The lowest BCUT2D eigenvalue weighted by Gasteiger charge is -2.05. The zero-order valence-corrected chi connectivity index (χ0v) is 9.54. The topological polar surface area (TPSA) is 83.0 Å². The van der Waals surface area contributed by atoms with Gasteiger partial charge in [0.05, 0.1) is 19.0 Å². The van der Waals surface area contributed by atoms with Gasteiger partial charge in [-0.1, -0.05) is 0 Å². The van der Waals surface area contributed by atoms with Crippen LogP contribution in [0.5, 0.6) is 0 Å². The summed E-state index contributed by atoms with van der Waals surface area (Å²) in [4.78, 5) is 19.3. The van der Waals surface area contributed by atoms with E-state index in [0.717, 1.165) is 11.3 Å². The number of carbonyl (C=O) groups excluding carboxylic acids is 1. The highest BCUT2D eigenvalue weighted by atomic mass is 16.5. The minimum absolute atomic E-state index is 0.106. The maximum atomic E-state index is 11.4. The Kier molecular flexibility index (Phi) is 2.78. The number of nitrogen functional groups attached to an aromatic ring is 1. The fraction of sp³-hybridized carbons (Fsp3) is 0.182. The SMILES string of the molecule is COC(=O)c1ncn(-c2cncc(C)c2)c1N. The number of aromatic nitrogens is 3. The average molecular weight is 232 g/mol. The third kappa shape index (κ3) is 1.96. The van der Waals surface area contributed by atoms with Gasteiger partial charge >= 0.3 is 5.97 Å². The number of nitrogens with zero attached hydrogens (tertiary/aromatic N) is 3. The molecule has 0 radical (unpaired) electrons. The first kappa shape index (κ1) is 11.1. The summed E-state index contributed by atoms with van der Waals surface area (Å²) < 4.78 is 6.17. The smallest absolute Gasteiger partial charge is 0.360 e. The summed E-state index contributed by atoms with van der Waals surface area (Å²) in [6, 6.07) is 1.89. The normalized spacial score (nSPS) is 10.2. The van der Waals surface area contributed by atoms with Gasteiger partial charge in [-0.25, -0.2) is 9.78 Å². The zero-order valence-electron chi connectivity index (χ0n) is 9.54. The first-order valence-electron chi connectivity index (χ1n) is 4.96. The van der Waals surface area contributed by atoms with E-state index < -0.39 is 5.97 Å². The van der Waals surface area contributed by atoms with Crippen molar-refractivity contribution in [3.8, 4) is 5.69 Å². The number of hydrogen-bond donors (Lipinski definition) is 1. The van der Waals surface area contributed by atoms with E-state index in [-0.39, 0.29) is 11.5 Å². The van der Waals surface area contributed by atoms with Gasteiger partial charge in [0.15, 0.2) is 5.69 Å². The van der Waals surface area contributed by atoms with E-state index in [1.807, 2.05) is 13.0 Å². The van der Waals surface area contributed by atoms with Crippen molar-refractivity contribution in [2.45, 2.75) is 6.92 Å². The lowest BCUT2D eigenvalue weighted by atomic mass is 10.3. The van der Waals surface area contributed by atoms with E-state index >= 15 is 0 Å². The lowest BCUT2D eigenvalue weighted by Crippen LogP contribution is -2.07. The molecule has 0 fully saturated rings. The van der Waals surface area contributed by atoms with Crippen molar-refractivity contribution in [1.82, 2.24) is 14.5 Å². The van der Waals surface area contributed by atoms with Crippen molar-refractivity contribution in [1.29, 1.82) is 0 Å². The Balaban J connectivity index is 2.48. The van der Waals surface area contributed by atoms with Crippen molar-refractivity contribution in [2.75, 3.05) is 12.8 Å². The van der Waals surface area contributed by atoms with Crippen LogP contribution in [-0.4, -0.2) is 27.6 Å². The molecule has 0 spiro atoms. The molecule has 0 bridgehead atoms. The predicted octanol–water partition coefficient (Wildman–Crippen LogP) is 0.945. The van der Waals surface area contributed by atoms with Crippen molar-refractivity contribution >= 4 is 11.8 Å². The molecule has 0 saturated carbocycles. The number of rotatable bonds is 2. The molecule has 2 N–H and O–H groups in total. The highest BCUT2D eigenvalue weighted by Crippen LogP contribution is 2.17. The minimum Gasteiger partial charge on any atom is -0.464 e. The molecular weight excluding hydrogens is 220 g/mol. The van der Waals surface area contributed by atoms with Gasteiger partial charge in [-0.15, -0.1) is 0 Å². The highest BCUT2D eigenvalue weighted by molar-refractivity contribution is 5.92. The summed E-state index contributed by atoms with van der Waals surface area (Å²) in [6.07, 6.45) is 4.85. The van der Waals surface area contributed by atoms with Gasteiger partial charge in [0.1, 0.15) is 12.1 Å². The van der Waals surface area contributed by atoms with Gasteiger partial charge in [-0.3, -0.25) is 9.55 Å². The summed E-state index contributed by atoms with van der Waals surface area (Å²) >= 11 is 0. The molecular formula is C11H12N4O2. The Hall–Kier alpha value is -2.37. The number of carbonyl (C=O) groups is 1. The molecule has 0 saturated heterocycles. The van der Waals surface area contributed by atoms with Crippen LogP contribution >= 0.6 is 0 Å². The van der Waals surface area contributed by atoms with Crippen molar-refractivity contribution in [2.24, 2.45) is 0 Å². The highest BCUT2D eigenvalue weighted by Gasteiger charge is 2.16. The van der Waals surface area contributed by atoms with Crippen LogP contribution in [0.25, 0.3) is 5.69 Å². The van der Waals surface area contributed by atoms with E-state index in [2.05, 4.69) is 14.7 Å². The Morgan fingerprint density at radius 3 is 2.88 bits per heavy atom. The summed E-state index contributed by atoms with van der Waals surface area (Å²) in [7, 11) is 1.29. The molecule has 0 aliphatic rings. The summed E-state index contributed by atoms with van der Waals surface area (Å²) in [5.41, 5.74) is 7.69. The summed E-state index contributed by atoms with van der Waals surface area (Å²) in [5, 5.41) is 0. The Labute approximate surface area is 98.1 Å². The molecule has 2 aromatic heterocycles. The standard InChI is InChI=1S/C11H12N4O2/c1-7-3-8(5-13-4-7)15-6-14-9(10(15)12)11(16)17-2/h3-6H,12H2,1-2H3. The van der Waals surface area contributed by atoms with Crippen LogP contribution in [0.2, 0.25) is 0 Å². The molecule has 0 aromatic carbocycles. The Morgan fingerprint density at radius 2 is 2.24 bits per heavy atom. The van der Waals surface area contributed by atoms with E-state index in [1.54, 1.807) is 17.0 Å². The second-order valence-corrected chi connectivity index (χ2v) is 3.56. The molecule has 2 heterocycles. The van der Waals surface area contributed by atoms with Gasteiger partial charge in [0.25, 0.3) is 0 Å². The first-order valence-corrected chi connectivity index (χ1v) is 4.96. The predicted molar refractivity (Wildman–Crippen MR) is 61.8 cm³/mol. The number of hydrogen-bond acceptors (Lipinski definition) is 5. The molecule has 0 aliphatic heterocycles. The fourth-order valence-corrected chi connectivity index (χ4v) is 1.49. The number of imidazole rings is 1. The largest absolute Gasteiger partial charge is 0.464 e. The molecule has 0 unspecified atom stereocenters. The van der Waals surface area contributed by atoms with E-state index in [0.29, 0.717) is 0 Å². The molecule has 0 atom stereocenters. The fourth-order valence-electron chi connectivity index (χ4n) is 1.49. The molecule has 6 heteroatoms. The van der Waals surface area contributed by atoms with E-state index in [1.165, 1.54) is 13.4 Å². The number of aryl methyl sites for hydroxylation is 1. The second-order valence-electron chi connectivity index (χ2n) is 3.56. The number of ether oxygens (including phenoxy) is 1. The summed E-state index contributed by atoms with van der Waals surface area (Å²) in [6.45, 7) is 1.92. The molecule has 0 amide bonds. The lowest BCUT2D eigenvalue weighted by molar-refractivity contribution is 0.0596. The third-order valence-corrected chi connectivity index (χ3v) is 2.32. The Bertz CT molecular complexity index is 562. The summed E-state index contributed by atoms with van der Waals surface area (Å²) in [5.74, 6) is -0.314. The Morgan fingerprint density at radius 1 is 1.47 bits per heavy atom. The van der Waals surface area contributed by atoms with Crippen molar-refractivity contribution in [3.05, 3.63) is 36.0 Å². The average Bonchev–Trinajstić information content (AvgIpc) is 2.70. The molecule has 2 rings (SSSR count). The van der Waals surface area contributed by atoms with Crippen LogP contribution in [0, 0.1) is 6.92 Å². The van der Waals surface area contributed by atoms with Crippen LogP contribution in [0.4, 0.5) is 5.82 Å². The quantitative estimate of drug-likeness (QED) is 0.779. The van der Waals surface area contributed by atoms with Crippen LogP contribution in [0.3, 0.4) is 0 Å². The zero-order chi connectivity index (χ0) is 12.4. The number of esters is 1. The molecule has 6 nitrogen and oxygen atoms in total. The maximum absolute atomic E-state index is 11.4. The van der Waals surface area contributed by atoms with Crippen molar-refractivity contribution < 1.29 is 9.53 Å². The van der Waals surface area contributed by atoms with Crippen LogP contribution < -0.4 is 5.73 Å². The van der Waals surface area contributed by atoms with E-state index in [4.69, 9.17) is 5.73 Å². The number of nitrogens with two attached hydrogens (primary N) is 1. The molecule has 2 aromatic rings. The van der Waals surface area contributed by atoms with Crippen LogP contribution in [0.15, 0.2) is 24.8 Å². The molecule has 0 aliphatic carbocycles. The number of methoxy groups -OCH3 is 1. The molecule has 88 valence electrons. The first-order chi connectivity index (χ1) is 8.13. The van der Waals surface area contributed by atoms with Crippen molar-refractivity contribution in [3.63, 3.8) is 0 Å². The number of pyridine rings is 1. The van der Waals surface area contributed by atoms with Crippen LogP contribution in [0.1, 0.15) is 16.1 Å². The van der Waals surface area contributed by atoms with Crippen LogP contribution in [-0.2, 0) is 4.74 Å². The van der Waals surface area contributed by atoms with E-state index in [9.17, 15) is 4.79 Å². The minimum atomic E-state index is -0.554. The van der Waals surface area contributed by atoms with Gasteiger partial charge in [-0.05, 0) is 18.6 Å². The third-order valence-electron chi connectivity index (χ3n) is 2.32. The van der Waals surface area contributed by atoms with Gasteiger partial charge in [0.2, 0.25) is 0 Å². The van der Waals surface area contributed by atoms with Gasteiger partial charge < -0.3 is 10.5 Å². The second kappa shape index (κ2) is 4.25. The maximum Gasteiger partial charge on any atom is 0.360 e. The van der Waals surface area contributed by atoms with Gasteiger partial charge in [-0.2, -0.15) is 0 Å². The number of anilines is 1. The monoisotopic (exact) mass is 232 g/mol.